The number of benzene rings is 1. The minimum Gasteiger partial charge on any atom is -0.465 e. The average molecular weight is 247 g/mol. The van der Waals surface area contributed by atoms with Crippen molar-refractivity contribution in [2.45, 2.75) is 19.4 Å². The zero-order valence-corrected chi connectivity index (χ0v) is 10.4. The summed E-state index contributed by atoms with van der Waals surface area (Å²) in [6, 6.07) is 7.15. The Kier molecular flexibility index (Phi) is 3.28. The third kappa shape index (κ3) is 2.38. The minimum atomic E-state index is -0.662. The van der Waals surface area contributed by atoms with E-state index in [4.69, 9.17) is 11.8 Å². The number of carbonyl (C=O) groups excluding carboxylic acids is 1. The predicted octanol–water partition coefficient (Wildman–Crippen LogP) is 1.61. The van der Waals surface area contributed by atoms with Gasteiger partial charge in [0.25, 0.3) is 0 Å². The van der Waals surface area contributed by atoms with Gasteiger partial charge in [-0.1, -0.05) is 18.2 Å². The van der Waals surface area contributed by atoms with Crippen molar-refractivity contribution in [2.24, 2.45) is 12.8 Å². The molecule has 1 atom stereocenters. The zero-order valence-electron chi connectivity index (χ0n) is 11.4. The normalized spacial score (nSPS) is 13.3. The number of nitrogens with zero attached hydrogens (tertiary/aromatic N) is 1. The summed E-state index contributed by atoms with van der Waals surface area (Å²) in [7, 11) is 0.148. The van der Waals surface area contributed by atoms with Crippen LogP contribution in [0.5, 0.6) is 0 Å². The van der Waals surface area contributed by atoms with Crippen LogP contribution in [0.2, 0.25) is 0 Å². The molecule has 0 bridgehead atoms. The van der Waals surface area contributed by atoms with Gasteiger partial charge in [-0.15, -0.1) is 0 Å². The van der Waals surface area contributed by atoms with E-state index >= 15 is 0 Å². The second-order valence-electron chi connectivity index (χ2n) is 4.20. The molecule has 0 radical (unpaired) electrons. The number of hydrogen-bond donors (Lipinski definition) is 1. The van der Waals surface area contributed by atoms with Crippen LogP contribution in [-0.2, 0) is 23.0 Å². The maximum atomic E-state index is 11.6. The number of rotatable bonds is 4. The Morgan fingerprint density at radius 2 is 2.33 bits per heavy atom. The number of hydrogen-bond acceptors (Lipinski definition) is 3. The second kappa shape index (κ2) is 5.23. The topological polar surface area (TPSA) is 57.2 Å². The monoisotopic (exact) mass is 247 g/mol. The van der Waals surface area contributed by atoms with E-state index in [-0.39, 0.29) is 13.0 Å². The van der Waals surface area contributed by atoms with Gasteiger partial charge in [0.05, 0.1) is 6.61 Å². The molecule has 1 aromatic heterocycles. The van der Waals surface area contributed by atoms with Crippen LogP contribution in [0.4, 0.5) is 0 Å². The lowest BCUT2D eigenvalue weighted by molar-refractivity contribution is -0.144. The highest BCUT2D eigenvalue weighted by Gasteiger charge is 2.17. The van der Waals surface area contributed by atoms with E-state index in [0.717, 1.165) is 16.5 Å². The Morgan fingerprint density at radius 1 is 1.56 bits per heavy atom. The van der Waals surface area contributed by atoms with Crippen LogP contribution in [-0.4, -0.2) is 23.2 Å². The summed E-state index contributed by atoms with van der Waals surface area (Å²) in [4.78, 5) is 11.6. The van der Waals surface area contributed by atoms with Gasteiger partial charge in [0.15, 0.2) is 0 Å². The number of aromatic nitrogens is 1. The van der Waals surface area contributed by atoms with Crippen LogP contribution in [0.15, 0.2) is 30.5 Å². The lowest BCUT2D eigenvalue weighted by Crippen LogP contribution is -2.34. The fraction of sp³-hybridized carbons (Fsp3) is 0.357. The molecule has 0 aliphatic rings. The maximum Gasteiger partial charge on any atom is 0.323 e. The van der Waals surface area contributed by atoms with Crippen LogP contribution in [0.25, 0.3) is 10.9 Å². The number of ether oxygens (including phenoxy) is 1. The molecule has 1 aromatic carbocycles. The SMILES string of the molecule is [2H]Cn1cc(C[C@H](N)C(=O)OCC)c2ccccc21. The second-order valence-corrected chi connectivity index (χ2v) is 4.20. The fourth-order valence-electron chi connectivity index (χ4n) is 2.06. The molecular weight excluding hydrogens is 228 g/mol. The Hall–Kier alpha value is -1.81. The summed E-state index contributed by atoms with van der Waals surface area (Å²) in [5.74, 6) is -0.384. The maximum absolute atomic E-state index is 11.6. The Bertz CT molecular complexity index is 580. The van der Waals surface area contributed by atoms with E-state index in [0.29, 0.717) is 13.0 Å². The molecule has 4 heteroatoms. The van der Waals surface area contributed by atoms with Crippen molar-refractivity contribution in [3.63, 3.8) is 0 Å². The third-order valence-corrected chi connectivity index (χ3v) is 2.90. The molecule has 2 N–H and O–H groups in total. The van der Waals surface area contributed by atoms with Crippen molar-refractivity contribution in [2.75, 3.05) is 6.61 Å². The van der Waals surface area contributed by atoms with E-state index in [1.807, 2.05) is 35.0 Å². The number of aryl methyl sites for hydroxylation is 1. The highest BCUT2D eigenvalue weighted by atomic mass is 16.5. The van der Waals surface area contributed by atoms with Crippen LogP contribution in [0.1, 0.15) is 13.9 Å². The van der Waals surface area contributed by atoms with Gasteiger partial charge < -0.3 is 15.0 Å². The van der Waals surface area contributed by atoms with Crippen molar-refractivity contribution in [3.05, 3.63) is 36.0 Å². The first kappa shape index (κ1) is 11.3. The molecule has 0 saturated heterocycles. The van der Waals surface area contributed by atoms with Crippen LogP contribution < -0.4 is 5.73 Å². The molecule has 1 heterocycles. The number of fused-ring (bicyclic) bond motifs is 1. The smallest absolute Gasteiger partial charge is 0.323 e. The molecule has 0 fully saturated rings. The van der Waals surface area contributed by atoms with E-state index < -0.39 is 6.04 Å². The Labute approximate surface area is 108 Å². The summed E-state index contributed by atoms with van der Waals surface area (Å²) < 4.78 is 14.3. The predicted molar refractivity (Wildman–Crippen MR) is 71.2 cm³/mol. The first-order valence-corrected chi connectivity index (χ1v) is 5.95. The summed E-state index contributed by atoms with van der Waals surface area (Å²) >= 11 is 0. The number of para-hydroxylation sites is 1. The quantitative estimate of drug-likeness (QED) is 0.835. The lowest BCUT2D eigenvalue weighted by atomic mass is 10.1. The standard InChI is InChI=1S/C14H18N2O2/c1-3-18-14(17)12(15)8-10-9-16(2)13-7-5-4-6-11(10)13/h4-7,9,12H,3,8,15H2,1-2H3/t12-/m0/s1/i2D. The van der Waals surface area contributed by atoms with Crippen molar-refractivity contribution < 1.29 is 10.9 Å². The molecule has 0 saturated carbocycles. The van der Waals surface area contributed by atoms with Gasteiger partial charge in [-0.25, -0.2) is 0 Å². The van der Waals surface area contributed by atoms with Crippen molar-refractivity contribution >= 4 is 16.9 Å². The third-order valence-electron chi connectivity index (χ3n) is 2.90. The van der Waals surface area contributed by atoms with Gasteiger partial charge in [-0.05, 0) is 18.6 Å². The van der Waals surface area contributed by atoms with E-state index in [9.17, 15) is 4.79 Å². The molecule has 4 nitrogen and oxygen atoms in total. The van der Waals surface area contributed by atoms with Gasteiger partial charge in [0, 0.05) is 31.9 Å². The molecule has 2 aromatic rings. The van der Waals surface area contributed by atoms with Crippen LogP contribution >= 0.6 is 0 Å². The molecule has 0 spiro atoms. The van der Waals surface area contributed by atoms with E-state index in [1.54, 1.807) is 6.92 Å². The summed E-state index contributed by atoms with van der Waals surface area (Å²) in [5.41, 5.74) is 7.81. The van der Waals surface area contributed by atoms with Crippen molar-refractivity contribution in [3.8, 4) is 0 Å². The van der Waals surface area contributed by atoms with Crippen LogP contribution in [0, 0.1) is 0 Å². The average Bonchev–Trinajstić information content (AvgIpc) is 2.77. The summed E-state index contributed by atoms with van der Waals surface area (Å²) in [6.07, 6.45) is 2.31. The largest absolute Gasteiger partial charge is 0.465 e. The molecule has 0 aliphatic heterocycles. The van der Waals surface area contributed by atoms with Gasteiger partial charge in [0.2, 0.25) is 0 Å². The zero-order chi connectivity index (χ0) is 13.8. The molecule has 0 aliphatic carbocycles. The molecule has 0 unspecified atom stereocenters. The van der Waals surface area contributed by atoms with Gasteiger partial charge in [0.1, 0.15) is 6.04 Å². The van der Waals surface area contributed by atoms with Gasteiger partial charge >= 0.3 is 5.97 Å². The number of carbonyl (C=O) groups is 1. The van der Waals surface area contributed by atoms with E-state index in [2.05, 4.69) is 0 Å². The number of esters is 1. The molecule has 18 heavy (non-hydrogen) atoms. The molecule has 2 rings (SSSR count). The highest BCUT2D eigenvalue weighted by Crippen LogP contribution is 2.21. The molecule has 0 amide bonds. The summed E-state index contributed by atoms with van der Waals surface area (Å²) in [5, 5.41) is 1.04. The molecule has 96 valence electrons. The summed E-state index contributed by atoms with van der Waals surface area (Å²) in [6.45, 7) is 2.09. The first-order chi connectivity index (χ1) is 9.17. The lowest BCUT2D eigenvalue weighted by Gasteiger charge is -2.09. The van der Waals surface area contributed by atoms with Crippen LogP contribution in [0.3, 0.4) is 0 Å². The Balaban J connectivity index is 2.28. The fourth-order valence-corrected chi connectivity index (χ4v) is 2.06. The van der Waals surface area contributed by atoms with Gasteiger partial charge in [-0.3, -0.25) is 4.79 Å². The first-order valence-electron chi connectivity index (χ1n) is 6.66. The number of nitrogens with two attached hydrogens (primary N) is 1. The van der Waals surface area contributed by atoms with E-state index in [1.165, 1.54) is 0 Å². The van der Waals surface area contributed by atoms with Crippen molar-refractivity contribution in [1.82, 2.24) is 4.57 Å². The molecular formula is C14H18N2O2. The highest BCUT2D eigenvalue weighted by molar-refractivity contribution is 5.85. The Morgan fingerprint density at radius 3 is 3.06 bits per heavy atom. The minimum absolute atomic E-state index is 0.148. The van der Waals surface area contributed by atoms with Crippen molar-refractivity contribution in [1.29, 1.82) is 0 Å². The van der Waals surface area contributed by atoms with Gasteiger partial charge in [-0.2, -0.15) is 0 Å².